The Balaban J connectivity index is 1.72. The molecule has 3 rings (SSSR count). The van der Waals surface area contributed by atoms with Crippen LogP contribution in [0.3, 0.4) is 0 Å². The first-order chi connectivity index (χ1) is 14.3. The number of aryl methyl sites for hydroxylation is 1. The molecule has 0 bridgehead atoms. The summed E-state index contributed by atoms with van der Waals surface area (Å²) < 4.78 is 38.7. The van der Waals surface area contributed by atoms with Gasteiger partial charge < -0.3 is 14.4 Å². The van der Waals surface area contributed by atoms with Crippen LogP contribution < -0.4 is 9.47 Å². The molecule has 9 heteroatoms. The number of piperazine rings is 1. The first-order valence-electron chi connectivity index (χ1n) is 9.64. The largest absolute Gasteiger partial charge is 0.493 e. The van der Waals surface area contributed by atoms with Crippen molar-refractivity contribution in [2.24, 2.45) is 0 Å². The van der Waals surface area contributed by atoms with Crippen LogP contribution in [0.5, 0.6) is 11.5 Å². The zero-order valence-electron chi connectivity index (χ0n) is 17.2. The van der Waals surface area contributed by atoms with Crippen LogP contribution in [0.1, 0.15) is 22.8 Å². The van der Waals surface area contributed by atoms with E-state index >= 15 is 0 Å². The van der Waals surface area contributed by atoms with Crippen LogP contribution in [0.25, 0.3) is 0 Å². The molecule has 0 saturated carbocycles. The van der Waals surface area contributed by atoms with E-state index in [4.69, 9.17) is 9.47 Å². The van der Waals surface area contributed by atoms with Crippen LogP contribution in [0.2, 0.25) is 0 Å². The van der Waals surface area contributed by atoms with Gasteiger partial charge in [0, 0.05) is 31.7 Å². The Bertz CT molecular complexity index is 1020. The highest BCUT2D eigenvalue weighted by Gasteiger charge is 2.31. The van der Waals surface area contributed by atoms with E-state index in [9.17, 15) is 13.2 Å². The molecule has 1 saturated heterocycles. The van der Waals surface area contributed by atoms with Gasteiger partial charge in [0.05, 0.1) is 23.1 Å². The maximum absolute atomic E-state index is 13.0. The second-order valence-corrected chi connectivity index (χ2v) is 9.72. The molecule has 0 atom stereocenters. The zero-order chi connectivity index (χ0) is 21.9. The van der Waals surface area contributed by atoms with Gasteiger partial charge in [0.1, 0.15) is 0 Å². The maximum atomic E-state index is 13.0. The highest BCUT2D eigenvalue weighted by atomic mass is 79.9. The van der Waals surface area contributed by atoms with E-state index in [1.807, 2.05) is 13.8 Å². The lowest BCUT2D eigenvalue weighted by atomic mass is 10.1. The summed E-state index contributed by atoms with van der Waals surface area (Å²) in [5.41, 5.74) is 1.46. The third-order valence-electron chi connectivity index (χ3n) is 4.95. The van der Waals surface area contributed by atoms with Crippen LogP contribution in [0.4, 0.5) is 0 Å². The quantitative estimate of drug-likeness (QED) is 0.612. The average Bonchev–Trinajstić information content (AvgIpc) is 2.75. The van der Waals surface area contributed by atoms with Crippen molar-refractivity contribution >= 4 is 31.9 Å². The third-order valence-corrected chi connectivity index (χ3v) is 7.45. The summed E-state index contributed by atoms with van der Waals surface area (Å²) in [6, 6.07) is 10.1. The van der Waals surface area contributed by atoms with E-state index in [-0.39, 0.29) is 23.9 Å². The predicted molar refractivity (Wildman–Crippen MR) is 118 cm³/mol. The van der Waals surface area contributed by atoms with E-state index in [1.165, 1.54) is 11.4 Å². The second-order valence-electron chi connectivity index (χ2n) is 6.93. The summed E-state index contributed by atoms with van der Waals surface area (Å²) in [4.78, 5) is 14.9. The number of hydrogen-bond acceptors (Lipinski definition) is 5. The topological polar surface area (TPSA) is 76.2 Å². The fraction of sp³-hybridized carbons (Fsp3) is 0.381. The fourth-order valence-electron chi connectivity index (χ4n) is 3.30. The predicted octanol–water partition coefficient (Wildman–Crippen LogP) is 3.31. The van der Waals surface area contributed by atoms with Crippen molar-refractivity contribution < 1.29 is 22.7 Å². The van der Waals surface area contributed by atoms with Crippen LogP contribution in [-0.4, -0.2) is 63.4 Å². The Hall–Kier alpha value is -2.10. The first-order valence-corrected chi connectivity index (χ1v) is 11.9. The van der Waals surface area contributed by atoms with E-state index < -0.39 is 10.0 Å². The Morgan fingerprint density at radius 3 is 2.30 bits per heavy atom. The van der Waals surface area contributed by atoms with Gasteiger partial charge in [-0.15, -0.1) is 0 Å². The molecule has 7 nitrogen and oxygen atoms in total. The highest BCUT2D eigenvalue weighted by molar-refractivity contribution is 9.10. The van der Waals surface area contributed by atoms with E-state index in [2.05, 4.69) is 15.9 Å². The number of benzene rings is 2. The molecule has 1 aliphatic heterocycles. The zero-order valence-corrected chi connectivity index (χ0v) is 19.6. The number of hydrogen-bond donors (Lipinski definition) is 0. The van der Waals surface area contributed by atoms with Crippen molar-refractivity contribution in [3.05, 3.63) is 52.0 Å². The number of amides is 1. The van der Waals surface area contributed by atoms with Crippen molar-refractivity contribution in [1.82, 2.24) is 9.21 Å². The molecule has 2 aromatic rings. The number of methoxy groups -OCH3 is 1. The minimum atomic E-state index is -3.57. The van der Waals surface area contributed by atoms with Gasteiger partial charge in [-0.2, -0.15) is 4.31 Å². The van der Waals surface area contributed by atoms with Gasteiger partial charge >= 0.3 is 0 Å². The SMILES string of the molecule is CCOc1c(Br)cc(C(=O)N2CCN(S(=O)(=O)c3ccc(C)cc3)CC2)cc1OC. The molecule has 0 aliphatic carbocycles. The molecule has 0 aromatic heterocycles. The molecule has 0 N–H and O–H groups in total. The van der Waals surface area contributed by atoms with Gasteiger partial charge in [0.25, 0.3) is 5.91 Å². The molecule has 1 fully saturated rings. The summed E-state index contributed by atoms with van der Waals surface area (Å²) in [5, 5.41) is 0. The van der Waals surface area contributed by atoms with Crippen molar-refractivity contribution in [1.29, 1.82) is 0 Å². The van der Waals surface area contributed by atoms with Crippen molar-refractivity contribution in [2.45, 2.75) is 18.7 Å². The van der Waals surface area contributed by atoms with Gasteiger partial charge in [-0.25, -0.2) is 8.42 Å². The Kier molecular flexibility index (Phi) is 7.05. The smallest absolute Gasteiger partial charge is 0.254 e. The van der Waals surface area contributed by atoms with E-state index in [0.717, 1.165) is 5.56 Å². The number of halogens is 1. The summed E-state index contributed by atoms with van der Waals surface area (Å²) in [7, 11) is -2.05. The number of sulfonamides is 1. The number of carbonyl (C=O) groups excluding carboxylic acids is 1. The Labute approximate surface area is 185 Å². The van der Waals surface area contributed by atoms with Crippen molar-refractivity contribution in [3.8, 4) is 11.5 Å². The summed E-state index contributed by atoms with van der Waals surface area (Å²) in [6.45, 7) is 5.38. The van der Waals surface area contributed by atoms with Crippen LogP contribution in [-0.2, 0) is 10.0 Å². The number of ether oxygens (including phenoxy) is 2. The monoisotopic (exact) mass is 496 g/mol. The molecule has 2 aromatic carbocycles. The molecule has 1 amide bonds. The second kappa shape index (κ2) is 9.36. The standard InChI is InChI=1S/C21H25BrN2O5S/c1-4-29-20-18(22)13-16(14-19(20)28-3)21(25)23-9-11-24(12-10-23)30(26,27)17-7-5-15(2)6-8-17/h5-8,13-14H,4,9-12H2,1-3H3. The van der Waals surface area contributed by atoms with Crippen molar-refractivity contribution in [2.75, 3.05) is 39.9 Å². The van der Waals surface area contributed by atoms with Gasteiger partial charge in [-0.05, 0) is 54.0 Å². The van der Waals surface area contributed by atoms with Crippen molar-refractivity contribution in [3.63, 3.8) is 0 Å². The minimum absolute atomic E-state index is 0.176. The minimum Gasteiger partial charge on any atom is -0.493 e. The lowest BCUT2D eigenvalue weighted by Crippen LogP contribution is -2.50. The normalized spacial score (nSPS) is 15.1. The van der Waals surface area contributed by atoms with Crippen LogP contribution in [0.15, 0.2) is 45.8 Å². The van der Waals surface area contributed by atoms with Gasteiger partial charge in [0.15, 0.2) is 11.5 Å². The Morgan fingerprint density at radius 2 is 1.73 bits per heavy atom. The fourth-order valence-corrected chi connectivity index (χ4v) is 5.28. The average molecular weight is 497 g/mol. The molecule has 1 heterocycles. The Morgan fingerprint density at radius 1 is 1.10 bits per heavy atom. The summed E-state index contributed by atoms with van der Waals surface area (Å²) >= 11 is 3.44. The van der Waals surface area contributed by atoms with Gasteiger partial charge in [0.2, 0.25) is 10.0 Å². The van der Waals surface area contributed by atoms with Crippen LogP contribution >= 0.6 is 15.9 Å². The lowest BCUT2D eigenvalue weighted by Gasteiger charge is -2.34. The number of rotatable bonds is 6. The lowest BCUT2D eigenvalue weighted by molar-refractivity contribution is 0.0697. The number of carbonyl (C=O) groups is 1. The van der Waals surface area contributed by atoms with E-state index in [1.54, 1.807) is 41.3 Å². The molecular formula is C21H25BrN2O5S. The summed E-state index contributed by atoms with van der Waals surface area (Å²) in [6.07, 6.45) is 0. The first kappa shape index (κ1) is 22.6. The molecule has 162 valence electrons. The molecule has 30 heavy (non-hydrogen) atoms. The molecule has 0 unspecified atom stereocenters. The highest BCUT2D eigenvalue weighted by Crippen LogP contribution is 2.37. The maximum Gasteiger partial charge on any atom is 0.254 e. The van der Waals surface area contributed by atoms with Crippen LogP contribution in [0, 0.1) is 6.92 Å². The molecule has 0 radical (unpaired) electrons. The number of nitrogens with zero attached hydrogens (tertiary/aromatic N) is 2. The molecule has 0 spiro atoms. The van der Waals surface area contributed by atoms with Gasteiger partial charge in [-0.1, -0.05) is 17.7 Å². The summed E-state index contributed by atoms with van der Waals surface area (Å²) in [5.74, 6) is 0.838. The third kappa shape index (κ3) is 4.63. The molecular weight excluding hydrogens is 472 g/mol. The van der Waals surface area contributed by atoms with Gasteiger partial charge in [-0.3, -0.25) is 4.79 Å². The van der Waals surface area contributed by atoms with E-state index in [0.29, 0.717) is 41.2 Å². The molecule has 1 aliphatic rings.